The van der Waals surface area contributed by atoms with Gasteiger partial charge in [0.1, 0.15) is 11.6 Å². The summed E-state index contributed by atoms with van der Waals surface area (Å²) >= 11 is 12.5. The topological polar surface area (TPSA) is 11.4 Å². The number of benzene rings is 1. The van der Waals surface area contributed by atoms with Crippen LogP contribution in [0.25, 0.3) is 0 Å². The summed E-state index contributed by atoms with van der Waals surface area (Å²) in [6, 6.07) is 10.1. The summed E-state index contributed by atoms with van der Waals surface area (Å²) in [6.07, 6.45) is 4.45. The van der Waals surface area contributed by atoms with Crippen molar-refractivity contribution in [2.24, 2.45) is 0 Å². The van der Waals surface area contributed by atoms with Gasteiger partial charge in [0.15, 0.2) is 0 Å². The van der Waals surface area contributed by atoms with Gasteiger partial charge in [0, 0.05) is 30.9 Å². The van der Waals surface area contributed by atoms with Crippen molar-refractivity contribution in [1.82, 2.24) is 4.57 Å². The predicted octanol–water partition coefficient (Wildman–Crippen LogP) is 6.48. The average Bonchev–Trinajstić information content (AvgIpc) is 2.97. The molecule has 0 amide bonds. The molecule has 0 N–H and O–H groups in total. The highest BCUT2D eigenvalue weighted by Crippen LogP contribution is 2.39. The lowest BCUT2D eigenvalue weighted by Crippen LogP contribution is -2.29. The average molecular weight is 378 g/mol. The summed E-state index contributed by atoms with van der Waals surface area (Å²) < 4.78 is 2.38. The third-order valence-electron chi connectivity index (χ3n) is 4.42. The maximum Gasteiger partial charge on any atom is 0.119 e. The van der Waals surface area contributed by atoms with Gasteiger partial charge in [-0.1, -0.05) is 37.0 Å². The number of rotatable bonds is 6. The zero-order valence-corrected chi connectivity index (χ0v) is 16.6. The monoisotopic (exact) mass is 377 g/mol. The molecule has 134 valence electrons. The normalized spacial score (nSPS) is 13.6. The van der Waals surface area contributed by atoms with E-state index in [1.807, 2.05) is 12.1 Å². The smallest absolute Gasteiger partial charge is 0.119 e. The summed E-state index contributed by atoms with van der Waals surface area (Å²) in [5.74, 6) is 2.42. The van der Waals surface area contributed by atoms with Gasteiger partial charge in [-0.15, -0.1) is 0 Å². The molecule has 2 aromatic rings. The number of allylic oxidation sites excluding steroid dienone is 1. The summed E-state index contributed by atoms with van der Waals surface area (Å²) in [6.45, 7) is 9.67. The first kappa shape index (κ1) is 18.2. The van der Waals surface area contributed by atoms with E-state index in [-0.39, 0.29) is 0 Å². The van der Waals surface area contributed by atoms with Crippen molar-refractivity contribution < 1.29 is 0 Å². The number of halogens is 2. The van der Waals surface area contributed by atoms with Crippen LogP contribution in [-0.2, 0) is 6.54 Å². The summed E-state index contributed by atoms with van der Waals surface area (Å²) in [5.41, 5.74) is 2.25. The van der Waals surface area contributed by atoms with E-state index in [2.05, 4.69) is 53.5 Å². The van der Waals surface area contributed by atoms with E-state index in [0.29, 0.717) is 10.0 Å². The zero-order chi connectivity index (χ0) is 18.0. The molecule has 1 aliphatic heterocycles. The number of anilines is 3. The fourth-order valence-corrected chi connectivity index (χ4v) is 3.92. The second kappa shape index (κ2) is 7.76. The molecule has 0 unspecified atom stereocenters. The quantitative estimate of drug-likeness (QED) is 0.570. The highest BCUT2D eigenvalue weighted by atomic mass is 35.5. The van der Waals surface area contributed by atoms with E-state index < -0.39 is 0 Å². The Morgan fingerprint density at radius 3 is 2.40 bits per heavy atom. The van der Waals surface area contributed by atoms with E-state index in [1.165, 1.54) is 11.4 Å². The summed E-state index contributed by atoms with van der Waals surface area (Å²) in [4.78, 5) is 4.64. The van der Waals surface area contributed by atoms with Crippen molar-refractivity contribution in [3.63, 3.8) is 0 Å². The minimum absolute atomic E-state index is 0.652. The van der Waals surface area contributed by atoms with Crippen molar-refractivity contribution in [3.05, 3.63) is 52.2 Å². The van der Waals surface area contributed by atoms with Gasteiger partial charge in [-0.2, -0.15) is 0 Å². The van der Waals surface area contributed by atoms with Gasteiger partial charge < -0.3 is 14.4 Å². The van der Waals surface area contributed by atoms with Crippen LogP contribution in [0.2, 0.25) is 10.0 Å². The molecule has 0 atom stereocenters. The molecule has 1 aromatic carbocycles. The van der Waals surface area contributed by atoms with Gasteiger partial charge in [-0.25, -0.2) is 0 Å². The van der Waals surface area contributed by atoms with E-state index in [0.717, 1.165) is 44.0 Å². The first-order chi connectivity index (χ1) is 12.0. The molecule has 1 aromatic heterocycles. The van der Waals surface area contributed by atoms with Gasteiger partial charge in [0.25, 0.3) is 0 Å². The highest BCUT2D eigenvalue weighted by Gasteiger charge is 2.23. The van der Waals surface area contributed by atoms with Crippen LogP contribution in [0.5, 0.6) is 0 Å². The Bertz CT molecular complexity index is 773. The molecule has 0 radical (unpaired) electrons. The van der Waals surface area contributed by atoms with E-state index in [9.17, 15) is 0 Å². The molecule has 25 heavy (non-hydrogen) atoms. The molecule has 0 saturated carbocycles. The van der Waals surface area contributed by atoms with Crippen LogP contribution >= 0.6 is 23.2 Å². The second-order valence-electron chi connectivity index (χ2n) is 6.56. The van der Waals surface area contributed by atoms with Crippen LogP contribution in [0.15, 0.2) is 42.1 Å². The van der Waals surface area contributed by atoms with Crippen LogP contribution in [0, 0.1) is 0 Å². The van der Waals surface area contributed by atoms with E-state index in [1.54, 1.807) is 6.07 Å². The molecule has 0 spiro atoms. The molecular formula is C20H25Cl2N3. The molecule has 0 bridgehead atoms. The van der Waals surface area contributed by atoms with E-state index >= 15 is 0 Å². The minimum Gasteiger partial charge on any atom is -0.358 e. The number of hydrogen-bond donors (Lipinski definition) is 0. The Morgan fingerprint density at radius 2 is 1.76 bits per heavy atom. The van der Waals surface area contributed by atoms with Gasteiger partial charge in [-0.05, 0) is 55.7 Å². The van der Waals surface area contributed by atoms with Crippen molar-refractivity contribution >= 4 is 40.5 Å². The van der Waals surface area contributed by atoms with Gasteiger partial charge in [-0.3, -0.25) is 0 Å². The first-order valence-corrected chi connectivity index (χ1v) is 9.66. The molecule has 1 aliphatic rings. The lowest BCUT2D eigenvalue weighted by Gasteiger charge is -2.32. The predicted molar refractivity (Wildman–Crippen MR) is 110 cm³/mol. The lowest BCUT2D eigenvalue weighted by molar-refractivity contribution is 0.682. The Morgan fingerprint density at radius 1 is 1.04 bits per heavy atom. The maximum atomic E-state index is 6.47. The van der Waals surface area contributed by atoms with Crippen molar-refractivity contribution in [2.45, 2.75) is 40.2 Å². The number of hydrogen-bond acceptors (Lipinski definition) is 2. The highest BCUT2D eigenvalue weighted by molar-refractivity contribution is 6.36. The third kappa shape index (κ3) is 3.68. The number of fused-ring (bicyclic) bond motifs is 1. The van der Waals surface area contributed by atoms with Crippen LogP contribution in [-0.4, -0.2) is 17.7 Å². The Hall–Kier alpha value is -1.58. The van der Waals surface area contributed by atoms with Gasteiger partial charge in [0.2, 0.25) is 0 Å². The largest absolute Gasteiger partial charge is 0.358 e. The number of nitrogens with zero attached hydrogens (tertiary/aromatic N) is 3. The SMILES string of the molecule is CCCN(CCC)c1ccc2n1CC(C)=CN2c1ccc(Cl)cc1Cl. The molecule has 3 rings (SSSR count). The molecule has 0 fully saturated rings. The molecule has 3 nitrogen and oxygen atoms in total. The molecule has 2 heterocycles. The van der Waals surface area contributed by atoms with E-state index in [4.69, 9.17) is 23.2 Å². The summed E-state index contributed by atoms with van der Waals surface area (Å²) in [7, 11) is 0. The van der Waals surface area contributed by atoms with Crippen LogP contribution < -0.4 is 9.80 Å². The molecule has 5 heteroatoms. The summed E-state index contributed by atoms with van der Waals surface area (Å²) in [5, 5.41) is 1.31. The molecule has 0 saturated heterocycles. The fourth-order valence-electron chi connectivity index (χ4n) is 3.42. The Balaban J connectivity index is 2.04. The van der Waals surface area contributed by atoms with Crippen molar-refractivity contribution in [3.8, 4) is 0 Å². The molecular weight excluding hydrogens is 353 g/mol. The van der Waals surface area contributed by atoms with Crippen molar-refractivity contribution in [1.29, 1.82) is 0 Å². The first-order valence-electron chi connectivity index (χ1n) is 8.91. The lowest BCUT2D eigenvalue weighted by atomic mass is 10.2. The van der Waals surface area contributed by atoms with Crippen LogP contribution in [0.1, 0.15) is 33.6 Å². The van der Waals surface area contributed by atoms with Crippen LogP contribution in [0.3, 0.4) is 0 Å². The minimum atomic E-state index is 0.652. The fraction of sp³-hybridized carbons (Fsp3) is 0.400. The van der Waals surface area contributed by atoms with Gasteiger partial charge in [0.05, 0.1) is 10.7 Å². The maximum absolute atomic E-state index is 6.47. The zero-order valence-electron chi connectivity index (χ0n) is 15.1. The van der Waals surface area contributed by atoms with Crippen LogP contribution in [0.4, 0.5) is 17.3 Å². The number of aromatic nitrogens is 1. The second-order valence-corrected chi connectivity index (χ2v) is 7.41. The Labute approximate surface area is 160 Å². The van der Waals surface area contributed by atoms with Crippen molar-refractivity contribution in [2.75, 3.05) is 22.9 Å². The van der Waals surface area contributed by atoms with Gasteiger partial charge >= 0.3 is 0 Å². The Kier molecular flexibility index (Phi) is 5.65. The third-order valence-corrected chi connectivity index (χ3v) is 4.96. The molecule has 0 aliphatic carbocycles. The standard InChI is InChI=1S/C20H25Cl2N3/c1-4-10-23(11-5-2)19-8-9-20-24(13-15(3)14-25(19)20)18-7-6-16(21)12-17(18)22/h6-9,12-13H,4-5,10-11,14H2,1-3H3.